The van der Waals surface area contributed by atoms with Crippen LogP contribution in [0.15, 0.2) is 4.42 Å². The first-order valence-corrected chi connectivity index (χ1v) is 6.26. The monoisotopic (exact) mass is 253 g/mol. The molecule has 2 amide bonds. The van der Waals surface area contributed by atoms with Crippen molar-refractivity contribution in [1.29, 1.82) is 0 Å². The summed E-state index contributed by atoms with van der Waals surface area (Å²) in [7, 11) is 0. The van der Waals surface area contributed by atoms with E-state index in [1.165, 1.54) is 0 Å². The van der Waals surface area contributed by atoms with Crippen LogP contribution in [0.25, 0.3) is 0 Å². The lowest BCUT2D eigenvalue weighted by Gasteiger charge is -2.27. The van der Waals surface area contributed by atoms with E-state index >= 15 is 0 Å². The van der Waals surface area contributed by atoms with Gasteiger partial charge in [0.2, 0.25) is 0 Å². The molecule has 3 N–H and O–H groups in total. The van der Waals surface area contributed by atoms with Crippen LogP contribution in [-0.2, 0) is 0 Å². The van der Waals surface area contributed by atoms with E-state index in [0.29, 0.717) is 5.76 Å². The van der Waals surface area contributed by atoms with E-state index in [1.54, 1.807) is 6.92 Å². The van der Waals surface area contributed by atoms with Crippen molar-refractivity contribution in [3.63, 3.8) is 0 Å². The second-order valence-corrected chi connectivity index (χ2v) is 4.72. The van der Waals surface area contributed by atoms with Crippen LogP contribution in [0.3, 0.4) is 0 Å². The van der Waals surface area contributed by atoms with Gasteiger partial charge in [-0.1, -0.05) is 12.8 Å². The lowest BCUT2D eigenvalue weighted by atomic mass is 9.93. The zero-order valence-electron chi connectivity index (χ0n) is 10.7. The summed E-state index contributed by atoms with van der Waals surface area (Å²) in [5.41, 5.74) is 0.753. The third-order valence-electron chi connectivity index (χ3n) is 3.29. The second-order valence-electron chi connectivity index (χ2n) is 4.72. The van der Waals surface area contributed by atoms with Crippen molar-refractivity contribution < 1.29 is 14.3 Å². The Bertz CT molecular complexity index is 411. The SMILES string of the molecule is Cc1nc(NC(=O)NC2CCCCC2O)oc1C. The van der Waals surface area contributed by atoms with E-state index < -0.39 is 6.10 Å². The summed E-state index contributed by atoms with van der Waals surface area (Å²) >= 11 is 0. The van der Waals surface area contributed by atoms with Gasteiger partial charge in [-0.15, -0.1) is 0 Å². The number of nitrogens with one attached hydrogen (secondary N) is 2. The van der Waals surface area contributed by atoms with E-state index in [0.717, 1.165) is 31.4 Å². The van der Waals surface area contributed by atoms with Gasteiger partial charge in [-0.25, -0.2) is 4.79 Å². The Labute approximate surface area is 106 Å². The van der Waals surface area contributed by atoms with E-state index in [1.807, 2.05) is 6.92 Å². The molecule has 0 radical (unpaired) electrons. The minimum atomic E-state index is -0.461. The maximum absolute atomic E-state index is 11.7. The van der Waals surface area contributed by atoms with E-state index in [2.05, 4.69) is 15.6 Å². The Hall–Kier alpha value is -1.56. The molecule has 18 heavy (non-hydrogen) atoms. The van der Waals surface area contributed by atoms with Crippen molar-refractivity contribution in [3.8, 4) is 0 Å². The Kier molecular flexibility index (Phi) is 3.86. The summed E-state index contributed by atoms with van der Waals surface area (Å²) < 4.78 is 5.26. The molecular weight excluding hydrogens is 234 g/mol. The number of hydrogen-bond donors (Lipinski definition) is 3. The highest BCUT2D eigenvalue weighted by atomic mass is 16.4. The summed E-state index contributed by atoms with van der Waals surface area (Å²) in [6, 6.07) is -0.383. The molecule has 100 valence electrons. The fraction of sp³-hybridized carbons (Fsp3) is 0.667. The first kappa shape index (κ1) is 12.9. The molecule has 0 bridgehead atoms. The standard InChI is InChI=1S/C12H19N3O3/c1-7-8(2)18-12(13-7)15-11(17)14-9-5-3-4-6-10(9)16/h9-10,16H,3-6H2,1-2H3,(H2,13,14,15,17). The lowest BCUT2D eigenvalue weighted by molar-refractivity contribution is 0.0955. The number of aliphatic hydroxyl groups excluding tert-OH is 1. The Morgan fingerprint density at radius 2 is 2.11 bits per heavy atom. The number of amides is 2. The molecule has 0 spiro atoms. The average Bonchev–Trinajstić information content (AvgIpc) is 2.61. The highest BCUT2D eigenvalue weighted by Gasteiger charge is 2.24. The fourth-order valence-corrected chi connectivity index (χ4v) is 2.11. The molecule has 2 rings (SSSR count). The van der Waals surface area contributed by atoms with Crippen molar-refractivity contribution in [3.05, 3.63) is 11.5 Å². The van der Waals surface area contributed by atoms with Crippen LogP contribution in [-0.4, -0.2) is 28.3 Å². The van der Waals surface area contributed by atoms with Gasteiger partial charge in [-0.2, -0.15) is 4.98 Å². The zero-order chi connectivity index (χ0) is 13.1. The summed E-state index contributed by atoms with van der Waals surface area (Å²) in [6.07, 6.45) is 3.12. The number of oxazole rings is 1. The van der Waals surface area contributed by atoms with E-state index in [4.69, 9.17) is 4.42 Å². The summed E-state index contributed by atoms with van der Waals surface area (Å²) in [6.45, 7) is 3.60. The van der Waals surface area contributed by atoms with Crippen LogP contribution in [0.4, 0.5) is 10.8 Å². The maximum atomic E-state index is 11.7. The van der Waals surface area contributed by atoms with Crippen molar-refractivity contribution in [2.75, 3.05) is 5.32 Å². The van der Waals surface area contributed by atoms with Crippen LogP contribution in [0.2, 0.25) is 0 Å². The third kappa shape index (κ3) is 3.01. The molecule has 0 saturated heterocycles. The first-order chi connectivity index (χ1) is 8.56. The molecule has 2 atom stereocenters. The normalized spacial score (nSPS) is 23.7. The molecular formula is C12H19N3O3. The van der Waals surface area contributed by atoms with Crippen LogP contribution < -0.4 is 10.6 Å². The van der Waals surface area contributed by atoms with Gasteiger partial charge < -0.3 is 14.8 Å². The number of carbonyl (C=O) groups excluding carboxylic acids is 1. The summed E-state index contributed by atoms with van der Waals surface area (Å²) in [5.74, 6) is 0.683. The molecule has 1 aliphatic carbocycles. The molecule has 1 aromatic rings. The number of aliphatic hydroxyl groups is 1. The summed E-state index contributed by atoms with van der Waals surface area (Å²) in [4.78, 5) is 15.8. The quantitative estimate of drug-likeness (QED) is 0.748. The Morgan fingerprint density at radius 1 is 1.39 bits per heavy atom. The average molecular weight is 253 g/mol. The number of aryl methyl sites for hydroxylation is 2. The van der Waals surface area contributed by atoms with Gasteiger partial charge >= 0.3 is 12.0 Å². The molecule has 0 aromatic carbocycles. The molecule has 6 heteroatoms. The number of nitrogens with zero attached hydrogens (tertiary/aromatic N) is 1. The highest BCUT2D eigenvalue weighted by molar-refractivity contribution is 5.87. The fourth-order valence-electron chi connectivity index (χ4n) is 2.11. The molecule has 1 heterocycles. The largest absolute Gasteiger partial charge is 0.428 e. The number of carbonyl (C=O) groups is 1. The zero-order valence-corrected chi connectivity index (χ0v) is 10.7. The predicted octanol–water partition coefficient (Wildman–Crippen LogP) is 1.72. The minimum Gasteiger partial charge on any atom is -0.428 e. The van der Waals surface area contributed by atoms with Gasteiger partial charge in [-0.3, -0.25) is 5.32 Å². The number of rotatable bonds is 2. The maximum Gasteiger partial charge on any atom is 0.323 e. The van der Waals surface area contributed by atoms with Crippen molar-refractivity contribution in [1.82, 2.24) is 10.3 Å². The predicted molar refractivity (Wildman–Crippen MR) is 66.4 cm³/mol. The number of aromatic nitrogens is 1. The van der Waals surface area contributed by atoms with E-state index in [-0.39, 0.29) is 18.1 Å². The minimum absolute atomic E-state index is 0.184. The molecule has 1 saturated carbocycles. The van der Waals surface area contributed by atoms with Gasteiger partial charge in [0.25, 0.3) is 0 Å². The van der Waals surface area contributed by atoms with Gasteiger partial charge in [0, 0.05) is 0 Å². The summed E-state index contributed by atoms with van der Waals surface area (Å²) in [5, 5.41) is 15.0. The molecule has 2 unspecified atom stereocenters. The van der Waals surface area contributed by atoms with Gasteiger partial charge in [-0.05, 0) is 26.7 Å². The molecule has 1 aromatic heterocycles. The van der Waals surface area contributed by atoms with Crippen LogP contribution in [0.5, 0.6) is 0 Å². The van der Waals surface area contributed by atoms with Crippen molar-refractivity contribution in [2.24, 2.45) is 0 Å². The van der Waals surface area contributed by atoms with Gasteiger partial charge in [0.1, 0.15) is 5.76 Å². The van der Waals surface area contributed by atoms with Crippen molar-refractivity contribution >= 4 is 12.0 Å². The third-order valence-corrected chi connectivity index (χ3v) is 3.29. The van der Waals surface area contributed by atoms with Crippen molar-refractivity contribution in [2.45, 2.75) is 51.7 Å². The molecule has 1 aliphatic rings. The Morgan fingerprint density at radius 3 is 2.72 bits per heavy atom. The number of urea groups is 1. The van der Waals surface area contributed by atoms with E-state index in [9.17, 15) is 9.90 Å². The molecule has 1 fully saturated rings. The number of anilines is 1. The lowest BCUT2D eigenvalue weighted by Crippen LogP contribution is -2.46. The van der Waals surface area contributed by atoms with Crippen LogP contribution in [0, 0.1) is 13.8 Å². The molecule has 0 aliphatic heterocycles. The topological polar surface area (TPSA) is 87.4 Å². The second kappa shape index (κ2) is 5.39. The Balaban J connectivity index is 1.88. The molecule has 6 nitrogen and oxygen atoms in total. The highest BCUT2D eigenvalue weighted by Crippen LogP contribution is 2.18. The first-order valence-electron chi connectivity index (χ1n) is 6.26. The van der Waals surface area contributed by atoms with Crippen LogP contribution >= 0.6 is 0 Å². The van der Waals surface area contributed by atoms with Gasteiger partial charge in [0.15, 0.2) is 0 Å². The van der Waals surface area contributed by atoms with Crippen LogP contribution in [0.1, 0.15) is 37.1 Å². The smallest absolute Gasteiger partial charge is 0.323 e. The van der Waals surface area contributed by atoms with Gasteiger partial charge in [0.05, 0.1) is 17.8 Å². The number of hydrogen-bond acceptors (Lipinski definition) is 4.